The molecule has 0 spiro atoms. The molecule has 2 nitrogen and oxygen atoms in total. The quantitative estimate of drug-likeness (QED) is 0.563. The molecule has 2 rings (SSSR count). The molecule has 0 bridgehead atoms. The predicted molar refractivity (Wildman–Crippen MR) is 62.3 cm³/mol. The molecular formula is C14H11O2. The number of carbonyl (C=O) groups excluding carboxylic acids is 1. The van der Waals surface area contributed by atoms with Crippen molar-refractivity contribution < 1.29 is 9.53 Å². The SMILES string of the molecule is [CH2]c1ccc(C(=O)Oc2ccccc2)cc1. The number of ether oxygens (including phenoxy) is 1. The zero-order valence-corrected chi connectivity index (χ0v) is 8.72. The van der Waals surface area contributed by atoms with Crippen molar-refractivity contribution in [1.82, 2.24) is 0 Å². The Morgan fingerprint density at radius 3 is 2.19 bits per heavy atom. The highest BCUT2D eigenvalue weighted by Gasteiger charge is 2.07. The molecule has 2 heteroatoms. The molecule has 0 aromatic heterocycles. The van der Waals surface area contributed by atoms with Crippen molar-refractivity contribution in [2.75, 3.05) is 0 Å². The molecule has 79 valence electrons. The van der Waals surface area contributed by atoms with E-state index in [2.05, 4.69) is 6.92 Å². The summed E-state index contributed by atoms with van der Waals surface area (Å²) in [5, 5.41) is 0. The first kappa shape index (κ1) is 10.4. The maximum absolute atomic E-state index is 11.7. The number of rotatable bonds is 2. The molecule has 0 heterocycles. The lowest BCUT2D eigenvalue weighted by Crippen LogP contribution is -2.08. The van der Waals surface area contributed by atoms with Crippen LogP contribution in [-0.2, 0) is 0 Å². The monoisotopic (exact) mass is 211 g/mol. The van der Waals surface area contributed by atoms with Gasteiger partial charge in [0.15, 0.2) is 0 Å². The van der Waals surface area contributed by atoms with Gasteiger partial charge in [0.1, 0.15) is 5.75 Å². The third-order valence-electron chi connectivity index (χ3n) is 2.14. The van der Waals surface area contributed by atoms with Crippen LogP contribution in [-0.4, -0.2) is 5.97 Å². The van der Waals surface area contributed by atoms with Crippen LogP contribution in [0.2, 0.25) is 0 Å². The summed E-state index contributed by atoms with van der Waals surface area (Å²) < 4.78 is 5.18. The fraction of sp³-hybridized carbons (Fsp3) is 0. The van der Waals surface area contributed by atoms with Crippen LogP contribution in [0.4, 0.5) is 0 Å². The van der Waals surface area contributed by atoms with Gasteiger partial charge in [0, 0.05) is 0 Å². The molecule has 0 aliphatic rings. The number of para-hydroxylation sites is 1. The lowest BCUT2D eigenvalue weighted by atomic mass is 10.1. The van der Waals surface area contributed by atoms with Crippen LogP contribution in [0.25, 0.3) is 0 Å². The maximum atomic E-state index is 11.7. The largest absolute Gasteiger partial charge is 0.423 e. The Morgan fingerprint density at radius 2 is 1.56 bits per heavy atom. The predicted octanol–water partition coefficient (Wildman–Crippen LogP) is 3.09. The topological polar surface area (TPSA) is 26.3 Å². The number of esters is 1. The second-order valence-electron chi connectivity index (χ2n) is 3.40. The van der Waals surface area contributed by atoms with Gasteiger partial charge in [-0.1, -0.05) is 30.3 Å². The Hall–Kier alpha value is -2.09. The van der Waals surface area contributed by atoms with E-state index in [9.17, 15) is 4.79 Å². The highest BCUT2D eigenvalue weighted by Crippen LogP contribution is 2.12. The van der Waals surface area contributed by atoms with Gasteiger partial charge in [0.05, 0.1) is 5.56 Å². The molecule has 0 aliphatic carbocycles. The minimum Gasteiger partial charge on any atom is -0.423 e. The third-order valence-corrected chi connectivity index (χ3v) is 2.14. The molecule has 0 aliphatic heterocycles. The molecule has 0 unspecified atom stereocenters. The van der Waals surface area contributed by atoms with E-state index in [0.29, 0.717) is 11.3 Å². The average Bonchev–Trinajstić information content (AvgIpc) is 2.31. The molecule has 0 fully saturated rings. The molecule has 1 radical (unpaired) electrons. The molecule has 2 aromatic carbocycles. The van der Waals surface area contributed by atoms with Crippen molar-refractivity contribution in [3.63, 3.8) is 0 Å². The van der Waals surface area contributed by atoms with Crippen LogP contribution in [0.1, 0.15) is 15.9 Å². The Morgan fingerprint density at radius 1 is 0.938 bits per heavy atom. The van der Waals surface area contributed by atoms with E-state index in [1.165, 1.54) is 0 Å². The molecular weight excluding hydrogens is 200 g/mol. The van der Waals surface area contributed by atoms with E-state index in [1.807, 2.05) is 18.2 Å². The van der Waals surface area contributed by atoms with Crippen LogP contribution in [0.3, 0.4) is 0 Å². The minimum absolute atomic E-state index is 0.355. The zero-order chi connectivity index (χ0) is 11.4. The first-order valence-electron chi connectivity index (χ1n) is 4.95. The van der Waals surface area contributed by atoms with Crippen molar-refractivity contribution in [2.45, 2.75) is 0 Å². The average molecular weight is 211 g/mol. The Balaban J connectivity index is 2.12. The molecule has 0 amide bonds. The number of hydrogen-bond acceptors (Lipinski definition) is 2. The van der Waals surface area contributed by atoms with E-state index in [1.54, 1.807) is 36.4 Å². The van der Waals surface area contributed by atoms with Gasteiger partial charge in [-0.25, -0.2) is 4.79 Å². The second kappa shape index (κ2) is 4.62. The Kier molecular flexibility index (Phi) is 3.01. The number of carbonyl (C=O) groups is 1. The highest BCUT2D eigenvalue weighted by atomic mass is 16.5. The lowest BCUT2D eigenvalue weighted by Gasteiger charge is -2.03. The first-order chi connectivity index (χ1) is 7.75. The molecule has 0 atom stereocenters. The van der Waals surface area contributed by atoms with Crippen LogP contribution in [0.5, 0.6) is 5.75 Å². The van der Waals surface area contributed by atoms with Gasteiger partial charge < -0.3 is 4.74 Å². The normalized spacial score (nSPS) is 9.81. The van der Waals surface area contributed by atoms with Gasteiger partial charge >= 0.3 is 5.97 Å². The van der Waals surface area contributed by atoms with Crippen molar-refractivity contribution in [3.8, 4) is 5.75 Å². The number of benzene rings is 2. The maximum Gasteiger partial charge on any atom is 0.343 e. The summed E-state index contributed by atoms with van der Waals surface area (Å²) in [6, 6.07) is 16.0. The van der Waals surface area contributed by atoms with Crippen molar-refractivity contribution in [1.29, 1.82) is 0 Å². The molecule has 16 heavy (non-hydrogen) atoms. The fourth-order valence-electron chi connectivity index (χ4n) is 1.30. The summed E-state index contributed by atoms with van der Waals surface area (Å²) in [5.74, 6) is 0.192. The smallest absolute Gasteiger partial charge is 0.343 e. The Bertz CT molecular complexity index is 472. The van der Waals surface area contributed by atoms with Crippen LogP contribution in [0, 0.1) is 6.92 Å². The van der Waals surface area contributed by atoms with Crippen molar-refractivity contribution in [3.05, 3.63) is 72.6 Å². The summed E-state index contributed by atoms with van der Waals surface area (Å²) in [6.07, 6.45) is 0. The summed E-state index contributed by atoms with van der Waals surface area (Å²) in [7, 11) is 0. The standard InChI is InChI=1S/C14H11O2/c1-11-7-9-12(10-8-11)14(15)16-13-5-3-2-4-6-13/h2-10H,1H2. The summed E-state index contributed by atoms with van der Waals surface area (Å²) >= 11 is 0. The first-order valence-corrected chi connectivity index (χ1v) is 4.95. The van der Waals surface area contributed by atoms with Crippen LogP contribution in [0.15, 0.2) is 54.6 Å². The van der Waals surface area contributed by atoms with E-state index in [-0.39, 0.29) is 5.97 Å². The summed E-state index contributed by atoms with van der Waals surface area (Å²) in [6.45, 7) is 3.75. The number of hydrogen-bond donors (Lipinski definition) is 0. The van der Waals surface area contributed by atoms with E-state index < -0.39 is 0 Å². The van der Waals surface area contributed by atoms with Gasteiger partial charge in [-0.15, -0.1) is 0 Å². The fourth-order valence-corrected chi connectivity index (χ4v) is 1.30. The summed E-state index contributed by atoms with van der Waals surface area (Å²) in [5.41, 5.74) is 1.40. The Labute approximate surface area is 94.5 Å². The van der Waals surface area contributed by atoms with Gasteiger partial charge in [0.25, 0.3) is 0 Å². The molecule has 0 N–H and O–H groups in total. The minimum atomic E-state index is -0.355. The van der Waals surface area contributed by atoms with Crippen molar-refractivity contribution in [2.24, 2.45) is 0 Å². The summed E-state index contributed by atoms with van der Waals surface area (Å²) in [4.78, 5) is 11.7. The molecule has 0 saturated heterocycles. The third kappa shape index (κ3) is 2.48. The molecule has 0 saturated carbocycles. The van der Waals surface area contributed by atoms with Crippen LogP contribution >= 0.6 is 0 Å². The van der Waals surface area contributed by atoms with Crippen LogP contribution < -0.4 is 4.74 Å². The zero-order valence-electron chi connectivity index (χ0n) is 8.72. The second-order valence-corrected chi connectivity index (χ2v) is 3.40. The van der Waals surface area contributed by atoms with Gasteiger partial charge in [-0.3, -0.25) is 0 Å². The van der Waals surface area contributed by atoms with Gasteiger partial charge in [0.2, 0.25) is 0 Å². The van der Waals surface area contributed by atoms with E-state index in [0.717, 1.165) is 5.56 Å². The molecule has 2 aromatic rings. The van der Waals surface area contributed by atoms with Gasteiger partial charge in [-0.05, 0) is 36.8 Å². The highest BCUT2D eigenvalue weighted by molar-refractivity contribution is 5.91. The van der Waals surface area contributed by atoms with E-state index in [4.69, 9.17) is 4.74 Å². The van der Waals surface area contributed by atoms with Crippen molar-refractivity contribution >= 4 is 5.97 Å². The van der Waals surface area contributed by atoms with E-state index >= 15 is 0 Å². The lowest BCUT2D eigenvalue weighted by molar-refractivity contribution is 0.0735. The van der Waals surface area contributed by atoms with Gasteiger partial charge in [-0.2, -0.15) is 0 Å².